The average Bonchev–Trinajstić information content (AvgIpc) is 2.97. The molecule has 0 heterocycles. The van der Waals surface area contributed by atoms with Crippen LogP contribution in [0.5, 0.6) is 0 Å². The second-order valence-electron chi connectivity index (χ2n) is 18.8. The van der Waals surface area contributed by atoms with Gasteiger partial charge < -0.3 is 18.5 Å². The Balaban J connectivity index is 2.47. The maximum absolute atomic E-state index is 13.6. The van der Waals surface area contributed by atoms with E-state index in [0.717, 1.165) is 45.1 Å². The Kier molecular flexibility index (Phi) is 16.1. The summed E-state index contributed by atoms with van der Waals surface area (Å²) < 4.78 is 20.7. The van der Waals surface area contributed by atoms with Crippen molar-refractivity contribution >= 4 is 28.5 Å². The molecular weight excluding hydrogens is 643 g/mol. The number of fused-ring (bicyclic) bond motifs is 1. The van der Waals surface area contributed by atoms with Crippen molar-refractivity contribution in [1.82, 2.24) is 4.90 Å². The SMILES string of the molecule is CCCCN(C)C(=O)C[C@@H](C[C@@H](CC[C@@H]1[C@@H]2C(=C[C@H](C)C[C@@H]2OC(=O)C(C)CC)C=C[C@@H]1C)O[Si](C)(C)C(C)(C)C)O[Si](C)(C)C(C)(C)C. The average molecular weight is 720 g/mol. The van der Waals surface area contributed by atoms with E-state index in [9.17, 15) is 9.59 Å². The van der Waals surface area contributed by atoms with Crippen LogP contribution in [0.2, 0.25) is 36.3 Å². The molecule has 0 saturated heterocycles. The fourth-order valence-corrected chi connectivity index (χ4v) is 9.55. The second-order valence-corrected chi connectivity index (χ2v) is 28.3. The number of carbonyl (C=O) groups is 2. The highest BCUT2D eigenvalue weighted by Gasteiger charge is 2.45. The standard InChI is InChI=1S/C41H77NO5Si2/c1-17-19-24-42(12)37(43)28-34(47-49(15,16)41(9,10)11)27-33(46-48(13,14)40(6,7)8)22-23-35-31(5)20-21-32-25-29(3)26-36(38(32)35)45-39(44)30(4)18-2/h20-21,25,29-31,33-36,38H,17-19,22-24,26-28H2,1-16H3/t29-,30?,31-,33+,34+,35-,36-,38-/m0/s1. The summed E-state index contributed by atoms with van der Waals surface area (Å²) in [6.45, 7) is 34.5. The lowest BCUT2D eigenvalue weighted by Gasteiger charge is -2.45. The topological polar surface area (TPSA) is 65.1 Å². The lowest BCUT2D eigenvalue weighted by atomic mass is 9.65. The van der Waals surface area contributed by atoms with Gasteiger partial charge in [0.15, 0.2) is 16.6 Å². The number of hydrogen-bond donors (Lipinski definition) is 0. The number of ether oxygens (including phenoxy) is 1. The van der Waals surface area contributed by atoms with Crippen molar-refractivity contribution in [3.8, 4) is 0 Å². The van der Waals surface area contributed by atoms with Gasteiger partial charge in [-0.25, -0.2) is 0 Å². The molecule has 0 N–H and O–H groups in total. The molecule has 1 unspecified atom stereocenters. The first-order valence-electron chi connectivity index (χ1n) is 19.6. The van der Waals surface area contributed by atoms with Crippen molar-refractivity contribution in [1.29, 1.82) is 0 Å². The molecule has 2 rings (SSSR count). The minimum atomic E-state index is -2.17. The smallest absolute Gasteiger partial charge is 0.308 e. The highest BCUT2D eigenvalue weighted by atomic mass is 28.4. The second kappa shape index (κ2) is 18.0. The number of hydrogen-bond acceptors (Lipinski definition) is 5. The van der Waals surface area contributed by atoms with Gasteiger partial charge in [0.25, 0.3) is 0 Å². The van der Waals surface area contributed by atoms with Gasteiger partial charge in [0, 0.05) is 25.6 Å². The quantitative estimate of drug-likeness (QED) is 0.111. The van der Waals surface area contributed by atoms with Crippen LogP contribution in [0.25, 0.3) is 0 Å². The number of nitrogens with zero attached hydrogens (tertiary/aromatic N) is 1. The van der Waals surface area contributed by atoms with Crippen LogP contribution in [0.4, 0.5) is 0 Å². The molecular formula is C41H77NO5Si2. The Morgan fingerprint density at radius 1 is 0.959 bits per heavy atom. The molecule has 6 nitrogen and oxygen atoms in total. The first kappa shape index (κ1) is 43.9. The lowest BCUT2D eigenvalue weighted by molar-refractivity contribution is -0.158. The molecule has 2 aliphatic carbocycles. The Labute approximate surface area is 304 Å². The summed E-state index contributed by atoms with van der Waals surface area (Å²) in [6, 6.07) is 0. The Morgan fingerprint density at radius 3 is 2.06 bits per heavy atom. The van der Waals surface area contributed by atoms with Gasteiger partial charge in [-0.05, 0) is 98.1 Å². The molecule has 0 fully saturated rings. The largest absolute Gasteiger partial charge is 0.461 e. The summed E-state index contributed by atoms with van der Waals surface area (Å²) >= 11 is 0. The molecule has 2 aliphatic rings. The zero-order valence-electron chi connectivity index (χ0n) is 34.7. The normalized spacial score (nSPS) is 25.2. The van der Waals surface area contributed by atoms with E-state index in [0.29, 0.717) is 30.6 Å². The molecule has 8 atom stereocenters. The van der Waals surface area contributed by atoms with Gasteiger partial charge in [0.1, 0.15) is 6.10 Å². The van der Waals surface area contributed by atoms with Crippen LogP contribution < -0.4 is 0 Å². The molecule has 284 valence electrons. The van der Waals surface area contributed by atoms with Crippen LogP contribution in [0, 0.1) is 29.6 Å². The number of amides is 1. The minimum absolute atomic E-state index is 0.0291. The summed E-state index contributed by atoms with van der Waals surface area (Å²) in [5.41, 5.74) is 1.32. The van der Waals surface area contributed by atoms with Crippen LogP contribution in [0.1, 0.15) is 128 Å². The number of rotatable bonds is 17. The van der Waals surface area contributed by atoms with E-state index in [2.05, 4.69) is 114 Å². The molecule has 0 radical (unpaired) electrons. The summed E-state index contributed by atoms with van der Waals surface area (Å²) in [6.07, 6.45) is 13.4. The van der Waals surface area contributed by atoms with E-state index in [1.54, 1.807) is 0 Å². The molecule has 0 aromatic carbocycles. The van der Waals surface area contributed by atoms with Crippen molar-refractivity contribution in [2.75, 3.05) is 13.6 Å². The Morgan fingerprint density at radius 2 is 1.53 bits per heavy atom. The van der Waals surface area contributed by atoms with E-state index >= 15 is 0 Å². The third-order valence-corrected chi connectivity index (χ3v) is 21.5. The van der Waals surface area contributed by atoms with E-state index in [-0.39, 0.29) is 52.1 Å². The zero-order valence-corrected chi connectivity index (χ0v) is 36.7. The molecule has 0 saturated carbocycles. The van der Waals surface area contributed by atoms with Gasteiger partial charge in [0.2, 0.25) is 5.91 Å². The van der Waals surface area contributed by atoms with Crippen molar-refractivity contribution in [2.24, 2.45) is 29.6 Å². The molecule has 49 heavy (non-hydrogen) atoms. The number of unbranched alkanes of at least 4 members (excludes halogenated alkanes) is 1. The van der Waals surface area contributed by atoms with Crippen LogP contribution in [0.15, 0.2) is 23.8 Å². The van der Waals surface area contributed by atoms with Crippen LogP contribution in [0.3, 0.4) is 0 Å². The number of esters is 1. The maximum Gasteiger partial charge on any atom is 0.308 e. The van der Waals surface area contributed by atoms with Crippen LogP contribution >= 0.6 is 0 Å². The monoisotopic (exact) mass is 720 g/mol. The predicted octanol–water partition coefficient (Wildman–Crippen LogP) is 10.9. The third kappa shape index (κ3) is 12.5. The van der Waals surface area contributed by atoms with E-state index in [1.807, 2.05) is 18.9 Å². The van der Waals surface area contributed by atoms with Crippen LogP contribution in [-0.2, 0) is 23.2 Å². The van der Waals surface area contributed by atoms with Crippen molar-refractivity contribution in [3.63, 3.8) is 0 Å². The molecule has 8 heteroatoms. The zero-order chi connectivity index (χ0) is 37.5. The van der Waals surface area contributed by atoms with Crippen LogP contribution in [-0.4, -0.2) is 65.3 Å². The van der Waals surface area contributed by atoms with E-state index in [4.69, 9.17) is 13.6 Å². The van der Waals surface area contributed by atoms with E-state index in [1.165, 1.54) is 5.57 Å². The third-order valence-electron chi connectivity index (χ3n) is 12.4. The number of carbonyl (C=O) groups excluding carboxylic acids is 2. The highest BCUT2D eigenvalue weighted by Crippen LogP contribution is 2.46. The summed E-state index contributed by atoms with van der Waals surface area (Å²) in [5.74, 6) is 1.25. The summed E-state index contributed by atoms with van der Waals surface area (Å²) in [5, 5.41) is 0.0907. The Bertz CT molecular complexity index is 1130. The molecule has 0 aromatic rings. The van der Waals surface area contributed by atoms with Gasteiger partial charge in [0.05, 0.1) is 18.4 Å². The Hall–Kier alpha value is -1.23. The summed E-state index contributed by atoms with van der Waals surface area (Å²) in [7, 11) is -2.38. The van der Waals surface area contributed by atoms with Gasteiger partial charge in [-0.1, -0.05) is 101 Å². The fraction of sp³-hybridized carbons (Fsp3) is 0.854. The molecule has 0 bridgehead atoms. The molecule has 0 spiro atoms. The number of allylic oxidation sites excluding steroid dienone is 3. The van der Waals surface area contributed by atoms with Crippen molar-refractivity contribution in [2.45, 2.75) is 182 Å². The highest BCUT2D eigenvalue weighted by molar-refractivity contribution is 6.74. The predicted molar refractivity (Wildman–Crippen MR) is 212 cm³/mol. The van der Waals surface area contributed by atoms with Gasteiger partial charge in [-0.3, -0.25) is 9.59 Å². The van der Waals surface area contributed by atoms with Crippen molar-refractivity contribution in [3.05, 3.63) is 23.8 Å². The fourth-order valence-electron chi connectivity index (χ4n) is 6.78. The minimum Gasteiger partial charge on any atom is -0.461 e. The first-order chi connectivity index (χ1) is 22.4. The first-order valence-corrected chi connectivity index (χ1v) is 25.5. The summed E-state index contributed by atoms with van der Waals surface area (Å²) in [4.78, 5) is 28.6. The van der Waals surface area contributed by atoms with Gasteiger partial charge in [-0.2, -0.15) is 0 Å². The van der Waals surface area contributed by atoms with Gasteiger partial charge in [-0.15, -0.1) is 0 Å². The van der Waals surface area contributed by atoms with Gasteiger partial charge >= 0.3 is 5.97 Å². The lowest BCUT2D eigenvalue weighted by Crippen LogP contribution is -2.48. The maximum atomic E-state index is 13.6. The van der Waals surface area contributed by atoms with E-state index < -0.39 is 16.6 Å². The van der Waals surface area contributed by atoms with Crippen molar-refractivity contribution < 1.29 is 23.2 Å². The molecule has 1 amide bonds. The molecule has 0 aromatic heterocycles. The molecule has 0 aliphatic heterocycles.